The number of rotatable bonds is 7. The van der Waals surface area contributed by atoms with Crippen molar-refractivity contribution in [2.45, 2.75) is 13.3 Å². The van der Waals surface area contributed by atoms with Gasteiger partial charge in [0.1, 0.15) is 11.5 Å². The number of hydrogen-bond donors (Lipinski definition) is 1. The highest BCUT2D eigenvalue weighted by atomic mass is 16.5. The smallest absolute Gasteiger partial charge is 0.338 e. The Bertz CT molecular complexity index is 942. The summed E-state index contributed by atoms with van der Waals surface area (Å²) in [6.45, 7) is 1.88. The van der Waals surface area contributed by atoms with Crippen molar-refractivity contribution in [1.29, 1.82) is 0 Å². The summed E-state index contributed by atoms with van der Waals surface area (Å²) >= 11 is 0. The van der Waals surface area contributed by atoms with Gasteiger partial charge in [-0.2, -0.15) is 0 Å². The maximum absolute atomic E-state index is 13.1. The molecule has 1 heterocycles. The number of ketones is 1. The van der Waals surface area contributed by atoms with Crippen LogP contribution in [0.25, 0.3) is 0 Å². The number of nitrogens with one attached hydrogen (secondary N) is 1. The highest BCUT2D eigenvalue weighted by molar-refractivity contribution is 6.16. The summed E-state index contributed by atoms with van der Waals surface area (Å²) in [6.07, 6.45) is 5.63. The molecule has 1 aromatic carbocycles. The minimum Gasteiger partial charge on any atom is -0.497 e. The Morgan fingerprint density at radius 1 is 1.07 bits per heavy atom. The van der Waals surface area contributed by atoms with E-state index in [1.54, 1.807) is 0 Å². The van der Waals surface area contributed by atoms with Crippen LogP contribution in [0, 0.1) is 0 Å². The lowest BCUT2D eigenvalue weighted by atomic mass is 9.97. The normalized spacial score (nSPS) is 10.7. The molecule has 1 aromatic heterocycles. The molecule has 0 aliphatic carbocycles. The average Bonchev–Trinajstić information content (AvgIpc) is 2.70. The zero-order valence-corrected chi connectivity index (χ0v) is 15.6. The lowest BCUT2D eigenvalue weighted by Gasteiger charge is -2.14. The second-order valence-electron chi connectivity index (χ2n) is 5.58. The first kappa shape index (κ1) is 20.0. The third kappa shape index (κ3) is 4.25. The van der Waals surface area contributed by atoms with Crippen molar-refractivity contribution in [2.75, 3.05) is 21.3 Å². The fourth-order valence-electron chi connectivity index (χ4n) is 2.56. The molecule has 0 atom stereocenters. The first-order valence-corrected chi connectivity index (χ1v) is 8.18. The SMILES string of the molecule is C/C=C\Cc1cc(=O)c(C(=O)c2c(OC)cc(OC)cc2C(=O)OC)c[nH]1. The van der Waals surface area contributed by atoms with E-state index >= 15 is 0 Å². The molecule has 0 amide bonds. The number of allylic oxidation sites excluding steroid dienone is 2. The van der Waals surface area contributed by atoms with Gasteiger partial charge in [0.05, 0.1) is 38.0 Å². The van der Waals surface area contributed by atoms with Crippen molar-refractivity contribution < 1.29 is 23.8 Å². The summed E-state index contributed by atoms with van der Waals surface area (Å²) < 4.78 is 15.1. The van der Waals surface area contributed by atoms with Crippen LogP contribution in [0.3, 0.4) is 0 Å². The second-order valence-corrected chi connectivity index (χ2v) is 5.58. The first-order valence-electron chi connectivity index (χ1n) is 8.18. The van der Waals surface area contributed by atoms with E-state index in [-0.39, 0.29) is 22.4 Å². The Labute approximate surface area is 156 Å². The number of H-pyrrole nitrogens is 1. The zero-order valence-electron chi connectivity index (χ0n) is 15.6. The van der Waals surface area contributed by atoms with Gasteiger partial charge in [-0.25, -0.2) is 4.79 Å². The summed E-state index contributed by atoms with van der Waals surface area (Å²) in [5, 5.41) is 0. The van der Waals surface area contributed by atoms with Gasteiger partial charge in [0.2, 0.25) is 5.78 Å². The van der Waals surface area contributed by atoms with Crippen LogP contribution in [0.4, 0.5) is 0 Å². The quantitative estimate of drug-likeness (QED) is 0.457. The number of carbonyl (C=O) groups excluding carboxylic acids is 2. The number of hydrogen-bond acceptors (Lipinski definition) is 6. The van der Waals surface area contributed by atoms with Crippen molar-refractivity contribution in [2.24, 2.45) is 0 Å². The van der Waals surface area contributed by atoms with Gasteiger partial charge in [0, 0.05) is 30.4 Å². The van der Waals surface area contributed by atoms with Crippen LogP contribution in [0.2, 0.25) is 0 Å². The lowest BCUT2D eigenvalue weighted by molar-refractivity contribution is 0.0596. The third-order valence-electron chi connectivity index (χ3n) is 3.95. The minimum absolute atomic E-state index is 0.0453. The highest BCUT2D eigenvalue weighted by Gasteiger charge is 2.26. The van der Waals surface area contributed by atoms with Gasteiger partial charge in [0.25, 0.3) is 0 Å². The maximum Gasteiger partial charge on any atom is 0.338 e. The van der Waals surface area contributed by atoms with Gasteiger partial charge in [-0.15, -0.1) is 0 Å². The number of esters is 1. The topological polar surface area (TPSA) is 94.7 Å². The van der Waals surface area contributed by atoms with Crippen molar-refractivity contribution in [3.05, 3.63) is 69.2 Å². The number of benzene rings is 1. The van der Waals surface area contributed by atoms with Crippen LogP contribution in [-0.2, 0) is 11.2 Å². The summed E-state index contributed by atoms with van der Waals surface area (Å²) in [5.74, 6) is -0.957. The van der Waals surface area contributed by atoms with E-state index in [1.165, 1.54) is 45.7 Å². The molecule has 0 spiro atoms. The first-order chi connectivity index (χ1) is 13.0. The van der Waals surface area contributed by atoms with Gasteiger partial charge in [-0.1, -0.05) is 12.2 Å². The zero-order chi connectivity index (χ0) is 20.0. The monoisotopic (exact) mass is 371 g/mol. The molecule has 0 aliphatic rings. The predicted octanol–water partition coefficient (Wildman–Crippen LogP) is 2.53. The fraction of sp³-hybridized carbons (Fsp3) is 0.250. The summed E-state index contributed by atoms with van der Waals surface area (Å²) in [4.78, 5) is 40.6. The molecule has 2 rings (SSSR count). The standard InChI is InChI=1S/C20H21NO6/c1-5-6-7-12-8-16(22)15(11-21-12)19(23)18-14(20(24)27-4)9-13(25-2)10-17(18)26-3/h5-6,8-11H,7H2,1-4H3,(H,21,22)/b6-5-. The number of pyridine rings is 1. The number of carbonyl (C=O) groups is 2. The third-order valence-corrected chi connectivity index (χ3v) is 3.95. The van der Waals surface area contributed by atoms with Gasteiger partial charge < -0.3 is 19.2 Å². The molecule has 0 fully saturated rings. The number of aromatic nitrogens is 1. The summed E-state index contributed by atoms with van der Waals surface area (Å²) in [6, 6.07) is 4.20. The Kier molecular flexibility index (Phi) is 6.54. The molecule has 27 heavy (non-hydrogen) atoms. The molecule has 0 aliphatic heterocycles. The van der Waals surface area contributed by atoms with Crippen molar-refractivity contribution in [3.8, 4) is 11.5 Å². The van der Waals surface area contributed by atoms with Gasteiger partial charge >= 0.3 is 5.97 Å². The molecule has 142 valence electrons. The largest absolute Gasteiger partial charge is 0.497 e. The van der Waals surface area contributed by atoms with Crippen LogP contribution in [-0.4, -0.2) is 38.1 Å². The van der Waals surface area contributed by atoms with E-state index in [4.69, 9.17) is 14.2 Å². The average molecular weight is 371 g/mol. The van der Waals surface area contributed by atoms with Crippen molar-refractivity contribution in [3.63, 3.8) is 0 Å². The lowest BCUT2D eigenvalue weighted by Crippen LogP contribution is -2.20. The fourth-order valence-corrected chi connectivity index (χ4v) is 2.56. The van der Waals surface area contributed by atoms with E-state index in [1.807, 2.05) is 19.1 Å². The predicted molar refractivity (Wildman–Crippen MR) is 99.9 cm³/mol. The second kappa shape index (κ2) is 8.84. The highest BCUT2D eigenvalue weighted by Crippen LogP contribution is 2.31. The van der Waals surface area contributed by atoms with Crippen molar-refractivity contribution >= 4 is 11.8 Å². The molecule has 1 N–H and O–H groups in total. The molecule has 0 radical (unpaired) electrons. The van der Waals surface area contributed by atoms with E-state index in [9.17, 15) is 14.4 Å². The molecular weight excluding hydrogens is 350 g/mol. The molecule has 0 unspecified atom stereocenters. The number of ether oxygens (including phenoxy) is 3. The molecule has 7 nitrogen and oxygen atoms in total. The van der Waals surface area contributed by atoms with Crippen LogP contribution in [0.5, 0.6) is 11.5 Å². The van der Waals surface area contributed by atoms with Gasteiger partial charge in [-0.05, 0) is 13.0 Å². The maximum atomic E-state index is 13.1. The Balaban J connectivity index is 2.61. The van der Waals surface area contributed by atoms with E-state index in [0.29, 0.717) is 17.9 Å². The summed E-state index contributed by atoms with van der Waals surface area (Å²) in [7, 11) is 3.98. The van der Waals surface area contributed by atoms with Gasteiger partial charge in [0.15, 0.2) is 5.43 Å². The van der Waals surface area contributed by atoms with Crippen molar-refractivity contribution in [1.82, 2.24) is 4.98 Å². The van der Waals surface area contributed by atoms with Gasteiger partial charge in [-0.3, -0.25) is 9.59 Å². The van der Waals surface area contributed by atoms with Crippen LogP contribution in [0.15, 0.2) is 41.3 Å². The number of aromatic amines is 1. The molecular formula is C20H21NO6. The molecule has 7 heteroatoms. The van der Waals surface area contributed by atoms with E-state index in [0.717, 1.165) is 0 Å². The van der Waals surface area contributed by atoms with Crippen LogP contribution < -0.4 is 14.9 Å². The molecule has 0 bridgehead atoms. The van der Waals surface area contributed by atoms with Crippen LogP contribution >= 0.6 is 0 Å². The Morgan fingerprint density at radius 3 is 2.37 bits per heavy atom. The van der Waals surface area contributed by atoms with E-state index < -0.39 is 17.2 Å². The van der Waals surface area contributed by atoms with Crippen LogP contribution in [0.1, 0.15) is 38.9 Å². The van der Waals surface area contributed by atoms with E-state index in [2.05, 4.69) is 4.98 Å². The Hall–Kier alpha value is -3.35. The Morgan fingerprint density at radius 2 is 1.81 bits per heavy atom. The molecule has 0 saturated carbocycles. The molecule has 2 aromatic rings. The number of methoxy groups -OCH3 is 3. The minimum atomic E-state index is -0.739. The summed E-state index contributed by atoms with van der Waals surface area (Å²) in [5.41, 5.74) is 0.0114. The molecule has 0 saturated heterocycles.